The number of hydrogen-bond acceptors (Lipinski definition) is 8. The first-order chi connectivity index (χ1) is 15.5. The second-order valence-corrected chi connectivity index (χ2v) is 8.46. The molecule has 1 saturated heterocycles. The van der Waals surface area contributed by atoms with Crippen molar-refractivity contribution >= 4 is 23.5 Å². The SMILES string of the molecule is Cc1c(C#N)c(NC(=O)CSc2nnnn2-c2ccc(O)cc2)n(CC2CCCO2)c1C. The lowest BCUT2D eigenvalue weighted by Gasteiger charge is -2.16. The summed E-state index contributed by atoms with van der Waals surface area (Å²) in [5, 5.41) is 34.1. The number of nitriles is 1. The van der Waals surface area contributed by atoms with Crippen molar-refractivity contribution < 1.29 is 14.6 Å². The Morgan fingerprint density at radius 3 is 2.84 bits per heavy atom. The van der Waals surface area contributed by atoms with Crippen molar-refractivity contribution in [1.82, 2.24) is 24.8 Å². The molecule has 32 heavy (non-hydrogen) atoms. The van der Waals surface area contributed by atoms with Gasteiger partial charge in [-0.05, 0) is 66.9 Å². The summed E-state index contributed by atoms with van der Waals surface area (Å²) in [6.45, 7) is 5.16. The van der Waals surface area contributed by atoms with E-state index < -0.39 is 0 Å². The van der Waals surface area contributed by atoms with Crippen molar-refractivity contribution in [2.75, 3.05) is 17.7 Å². The van der Waals surface area contributed by atoms with E-state index in [1.165, 1.54) is 28.6 Å². The Bertz CT molecular complexity index is 1160. The van der Waals surface area contributed by atoms with E-state index in [0.29, 0.717) is 28.8 Å². The predicted octanol–water partition coefficient (Wildman–Crippen LogP) is 2.57. The van der Waals surface area contributed by atoms with Gasteiger partial charge in [0.1, 0.15) is 17.6 Å². The quantitative estimate of drug-likeness (QED) is 0.522. The summed E-state index contributed by atoms with van der Waals surface area (Å²) in [4.78, 5) is 12.8. The number of aromatic nitrogens is 5. The molecule has 1 amide bonds. The molecule has 166 valence electrons. The second kappa shape index (κ2) is 9.42. The Balaban J connectivity index is 1.48. The average Bonchev–Trinajstić information content (AvgIpc) is 3.51. The number of tetrazole rings is 1. The number of phenolic OH excluding ortho intramolecular Hbond substituents is 1. The third-order valence-electron chi connectivity index (χ3n) is 5.48. The monoisotopic (exact) mass is 453 g/mol. The second-order valence-electron chi connectivity index (χ2n) is 7.52. The fourth-order valence-electron chi connectivity index (χ4n) is 3.67. The van der Waals surface area contributed by atoms with Crippen molar-refractivity contribution in [3.8, 4) is 17.5 Å². The highest BCUT2D eigenvalue weighted by Gasteiger charge is 2.24. The van der Waals surface area contributed by atoms with Crippen LogP contribution in [0, 0.1) is 25.2 Å². The molecule has 0 bridgehead atoms. The molecule has 1 atom stereocenters. The van der Waals surface area contributed by atoms with Crippen molar-refractivity contribution in [3.63, 3.8) is 0 Å². The van der Waals surface area contributed by atoms with E-state index in [0.717, 1.165) is 30.7 Å². The Hall–Kier alpha value is -3.36. The maximum atomic E-state index is 12.8. The predicted molar refractivity (Wildman–Crippen MR) is 118 cm³/mol. The van der Waals surface area contributed by atoms with Crippen LogP contribution in [0.3, 0.4) is 0 Å². The smallest absolute Gasteiger partial charge is 0.235 e. The van der Waals surface area contributed by atoms with Gasteiger partial charge in [0.15, 0.2) is 0 Å². The first-order valence-corrected chi connectivity index (χ1v) is 11.2. The van der Waals surface area contributed by atoms with Gasteiger partial charge in [-0.15, -0.1) is 5.10 Å². The lowest BCUT2D eigenvalue weighted by molar-refractivity contribution is -0.113. The highest BCUT2D eigenvalue weighted by molar-refractivity contribution is 7.99. The number of aromatic hydroxyl groups is 1. The van der Waals surface area contributed by atoms with Gasteiger partial charge in [0.25, 0.3) is 0 Å². The number of thioether (sulfide) groups is 1. The van der Waals surface area contributed by atoms with E-state index in [9.17, 15) is 15.2 Å². The van der Waals surface area contributed by atoms with Crippen molar-refractivity contribution in [3.05, 3.63) is 41.1 Å². The molecule has 11 heteroatoms. The molecule has 3 heterocycles. The van der Waals surface area contributed by atoms with Gasteiger partial charge in [0.2, 0.25) is 11.1 Å². The summed E-state index contributed by atoms with van der Waals surface area (Å²) in [5.74, 6) is 0.437. The lowest BCUT2D eigenvalue weighted by atomic mass is 10.2. The molecular formula is C21H23N7O3S. The van der Waals surface area contributed by atoms with Gasteiger partial charge in [0.05, 0.1) is 29.7 Å². The van der Waals surface area contributed by atoms with Crippen LogP contribution in [-0.4, -0.2) is 54.3 Å². The summed E-state index contributed by atoms with van der Waals surface area (Å²) in [6, 6.07) is 8.65. The van der Waals surface area contributed by atoms with Crippen LogP contribution in [0.5, 0.6) is 5.75 Å². The Morgan fingerprint density at radius 1 is 1.38 bits per heavy atom. The Kier molecular flexibility index (Phi) is 6.43. The van der Waals surface area contributed by atoms with Crippen molar-refractivity contribution in [2.24, 2.45) is 0 Å². The number of rotatable bonds is 7. The molecule has 3 aromatic rings. The fourth-order valence-corrected chi connectivity index (χ4v) is 4.36. The van der Waals surface area contributed by atoms with Gasteiger partial charge in [-0.2, -0.15) is 9.94 Å². The van der Waals surface area contributed by atoms with Crippen LogP contribution in [0.1, 0.15) is 29.7 Å². The molecule has 10 nitrogen and oxygen atoms in total. The standard InChI is InChI=1S/C21H23N7O3S/c1-13-14(2)27(11-17-4-3-9-31-17)20(18(13)10-22)23-19(30)12-32-21-24-25-26-28(21)15-5-7-16(29)8-6-15/h5-8,17,29H,3-4,9,11-12H2,1-2H3,(H,23,30). The molecule has 0 saturated carbocycles. The zero-order chi connectivity index (χ0) is 22.7. The summed E-state index contributed by atoms with van der Waals surface area (Å²) in [5.41, 5.74) is 2.92. The topological polar surface area (TPSA) is 131 Å². The number of ether oxygens (including phenoxy) is 1. The molecule has 1 aromatic carbocycles. The number of nitrogens with zero attached hydrogens (tertiary/aromatic N) is 6. The largest absolute Gasteiger partial charge is 0.508 e. The highest BCUT2D eigenvalue weighted by Crippen LogP contribution is 2.29. The summed E-state index contributed by atoms with van der Waals surface area (Å²) in [6.07, 6.45) is 2.05. The first kappa shape index (κ1) is 21.9. The molecule has 1 aliphatic rings. The average molecular weight is 454 g/mol. The fraction of sp³-hybridized carbons (Fsp3) is 0.381. The Morgan fingerprint density at radius 2 is 2.16 bits per heavy atom. The maximum absolute atomic E-state index is 12.8. The minimum atomic E-state index is -0.266. The molecule has 0 spiro atoms. The van der Waals surface area contributed by atoms with Crippen LogP contribution in [0.2, 0.25) is 0 Å². The molecule has 2 aromatic heterocycles. The Labute approximate surface area is 189 Å². The van der Waals surface area contributed by atoms with Gasteiger partial charge in [-0.25, -0.2) is 0 Å². The van der Waals surface area contributed by atoms with Crippen LogP contribution in [0.15, 0.2) is 29.4 Å². The van der Waals surface area contributed by atoms with Crippen LogP contribution in [0.25, 0.3) is 5.69 Å². The highest BCUT2D eigenvalue weighted by atomic mass is 32.2. The van der Waals surface area contributed by atoms with Crippen molar-refractivity contribution in [2.45, 2.75) is 44.5 Å². The van der Waals surface area contributed by atoms with Gasteiger partial charge in [-0.3, -0.25) is 4.79 Å². The van der Waals surface area contributed by atoms with Crippen molar-refractivity contribution in [1.29, 1.82) is 5.26 Å². The number of phenols is 1. The number of carbonyl (C=O) groups is 1. The van der Waals surface area contributed by atoms with Crippen LogP contribution in [-0.2, 0) is 16.1 Å². The molecule has 1 unspecified atom stereocenters. The van der Waals surface area contributed by atoms with Gasteiger partial charge in [-0.1, -0.05) is 11.8 Å². The summed E-state index contributed by atoms with van der Waals surface area (Å²) >= 11 is 1.18. The lowest BCUT2D eigenvalue weighted by Crippen LogP contribution is -2.22. The summed E-state index contributed by atoms with van der Waals surface area (Å²) < 4.78 is 9.21. The van der Waals surface area contributed by atoms with Crippen LogP contribution >= 0.6 is 11.8 Å². The molecule has 0 radical (unpaired) electrons. The minimum absolute atomic E-state index is 0.0620. The van der Waals surface area contributed by atoms with Gasteiger partial charge < -0.3 is 19.7 Å². The normalized spacial score (nSPS) is 15.6. The molecular weight excluding hydrogens is 430 g/mol. The number of amides is 1. The zero-order valence-electron chi connectivity index (χ0n) is 17.8. The third-order valence-corrected chi connectivity index (χ3v) is 6.40. The molecule has 1 aliphatic heterocycles. The van der Waals surface area contributed by atoms with E-state index in [2.05, 4.69) is 26.9 Å². The maximum Gasteiger partial charge on any atom is 0.235 e. The molecule has 2 N–H and O–H groups in total. The molecule has 0 aliphatic carbocycles. The van der Waals surface area contributed by atoms with E-state index >= 15 is 0 Å². The van der Waals surface area contributed by atoms with Crippen LogP contribution in [0.4, 0.5) is 5.82 Å². The number of anilines is 1. The van der Waals surface area contributed by atoms with Crippen LogP contribution < -0.4 is 5.32 Å². The number of nitrogens with one attached hydrogen (secondary N) is 1. The minimum Gasteiger partial charge on any atom is -0.508 e. The first-order valence-electron chi connectivity index (χ1n) is 10.2. The summed E-state index contributed by atoms with van der Waals surface area (Å²) in [7, 11) is 0. The number of hydrogen-bond donors (Lipinski definition) is 2. The molecule has 1 fully saturated rings. The number of carbonyl (C=O) groups excluding carboxylic acids is 1. The van der Waals surface area contributed by atoms with Gasteiger partial charge in [0, 0.05) is 12.3 Å². The van der Waals surface area contributed by atoms with Gasteiger partial charge >= 0.3 is 0 Å². The van der Waals surface area contributed by atoms with E-state index in [4.69, 9.17) is 4.74 Å². The molecule has 4 rings (SSSR count). The van der Waals surface area contributed by atoms with E-state index in [1.54, 1.807) is 12.1 Å². The van der Waals surface area contributed by atoms with E-state index in [-0.39, 0.29) is 23.5 Å². The zero-order valence-corrected chi connectivity index (χ0v) is 18.6. The third kappa shape index (κ3) is 4.46. The number of benzene rings is 1. The van der Waals surface area contributed by atoms with E-state index in [1.807, 2.05) is 18.4 Å².